The van der Waals surface area contributed by atoms with Gasteiger partial charge >= 0.3 is 5.97 Å². The Morgan fingerprint density at radius 2 is 2.27 bits per heavy atom. The van der Waals surface area contributed by atoms with Gasteiger partial charge in [-0.3, -0.25) is 4.98 Å². The lowest BCUT2D eigenvalue weighted by Crippen LogP contribution is -2.21. The van der Waals surface area contributed by atoms with Crippen molar-refractivity contribution in [1.82, 2.24) is 4.98 Å². The van der Waals surface area contributed by atoms with Crippen molar-refractivity contribution in [3.63, 3.8) is 0 Å². The maximum absolute atomic E-state index is 11.8. The molecule has 1 unspecified atom stereocenters. The van der Waals surface area contributed by atoms with E-state index in [1.54, 1.807) is 18.5 Å². The average molecular weight is 298 g/mol. The molecule has 0 radical (unpaired) electrons. The minimum Gasteiger partial charge on any atom is -0.493 e. The third-order valence-corrected chi connectivity index (χ3v) is 3.85. The van der Waals surface area contributed by atoms with E-state index in [4.69, 9.17) is 9.47 Å². The number of hydrogen-bond acceptors (Lipinski definition) is 5. The predicted octanol–water partition coefficient (Wildman–Crippen LogP) is 2.85. The molecular formula is C17H18N2O3. The third-order valence-electron chi connectivity index (χ3n) is 3.85. The highest BCUT2D eigenvalue weighted by Gasteiger charge is 2.21. The summed E-state index contributed by atoms with van der Waals surface area (Å²) in [5.74, 6) is 0.924. The van der Waals surface area contributed by atoms with Crippen LogP contribution in [0.3, 0.4) is 0 Å². The highest BCUT2D eigenvalue weighted by atomic mass is 16.5. The maximum atomic E-state index is 11.8. The molecular weight excluding hydrogens is 280 g/mol. The van der Waals surface area contributed by atoms with Crippen molar-refractivity contribution in [2.75, 3.05) is 25.6 Å². The number of hydrogen-bond donors (Lipinski definition) is 1. The highest BCUT2D eigenvalue weighted by Crippen LogP contribution is 2.33. The normalized spacial score (nSPS) is 16.3. The Morgan fingerprint density at radius 3 is 3.14 bits per heavy atom. The first-order valence-electron chi connectivity index (χ1n) is 7.27. The summed E-state index contributed by atoms with van der Waals surface area (Å²) >= 11 is 0. The fraction of sp³-hybridized carbons (Fsp3) is 0.294. The molecule has 2 aromatic rings. The standard InChI is InChI=1S/C17H18N2O3/c1-21-17(20)14-6-8-18-11-15(14)19-10-12-7-9-22-16-5-3-2-4-13(12)16/h2-6,8,11-12,19H,7,9-10H2,1H3. The SMILES string of the molecule is COC(=O)c1ccncc1NCC1CCOc2ccccc21. The van der Waals surface area contributed by atoms with E-state index in [-0.39, 0.29) is 5.97 Å². The minimum absolute atomic E-state index is 0.343. The zero-order valence-corrected chi connectivity index (χ0v) is 12.4. The number of para-hydroxylation sites is 1. The summed E-state index contributed by atoms with van der Waals surface area (Å²) in [7, 11) is 1.38. The summed E-state index contributed by atoms with van der Waals surface area (Å²) in [6.45, 7) is 1.43. The van der Waals surface area contributed by atoms with E-state index >= 15 is 0 Å². The van der Waals surface area contributed by atoms with Crippen LogP contribution in [0.4, 0.5) is 5.69 Å². The van der Waals surface area contributed by atoms with Gasteiger partial charge in [-0.2, -0.15) is 0 Å². The van der Waals surface area contributed by atoms with E-state index in [2.05, 4.69) is 16.4 Å². The molecule has 22 heavy (non-hydrogen) atoms. The van der Waals surface area contributed by atoms with Crippen molar-refractivity contribution in [3.05, 3.63) is 53.9 Å². The third kappa shape index (κ3) is 2.88. The van der Waals surface area contributed by atoms with Crippen molar-refractivity contribution in [1.29, 1.82) is 0 Å². The molecule has 0 aliphatic carbocycles. The van der Waals surface area contributed by atoms with E-state index in [1.807, 2.05) is 18.2 Å². The molecule has 5 nitrogen and oxygen atoms in total. The molecule has 1 aromatic heterocycles. The largest absolute Gasteiger partial charge is 0.493 e. The van der Waals surface area contributed by atoms with Crippen LogP contribution in [-0.2, 0) is 4.74 Å². The van der Waals surface area contributed by atoms with Gasteiger partial charge in [0.2, 0.25) is 0 Å². The number of esters is 1. The number of anilines is 1. The van der Waals surface area contributed by atoms with E-state index in [0.29, 0.717) is 23.8 Å². The highest BCUT2D eigenvalue weighted by molar-refractivity contribution is 5.95. The topological polar surface area (TPSA) is 60.5 Å². The second-order valence-corrected chi connectivity index (χ2v) is 5.17. The van der Waals surface area contributed by atoms with Gasteiger partial charge in [-0.05, 0) is 24.1 Å². The van der Waals surface area contributed by atoms with Gasteiger partial charge in [-0.15, -0.1) is 0 Å². The minimum atomic E-state index is -0.364. The first-order valence-corrected chi connectivity index (χ1v) is 7.27. The molecule has 5 heteroatoms. The summed E-state index contributed by atoms with van der Waals surface area (Å²) in [5.41, 5.74) is 2.39. The number of nitrogens with zero attached hydrogens (tertiary/aromatic N) is 1. The first kappa shape index (κ1) is 14.4. The zero-order valence-electron chi connectivity index (χ0n) is 12.4. The molecule has 0 amide bonds. The Kier molecular flexibility index (Phi) is 4.23. The lowest BCUT2D eigenvalue weighted by Gasteiger charge is -2.26. The Balaban J connectivity index is 1.76. The number of pyridine rings is 1. The van der Waals surface area contributed by atoms with Gasteiger partial charge in [0, 0.05) is 18.7 Å². The van der Waals surface area contributed by atoms with Crippen molar-refractivity contribution >= 4 is 11.7 Å². The summed E-state index contributed by atoms with van der Waals surface area (Å²) < 4.78 is 10.5. The van der Waals surface area contributed by atoms with Crippen LogP contribution in [0.15, 0.2) is 42.7 Å². The average Bonchev–Trinajstić information content (AvgIpc) is 2.59. The smallest absolute Gasteiger partial charge is 0.340 e. The molecule has 1 N–H and O–H groups in total. The number of carbonyl (C=O) groups is 1. The van der Waals surface area contributed by atoms with Gasteiger partial charge in [-0.1, -0.05) is 18.2 Å². The van der Waals surface area contributed by atoms with E-state index in [0.717, 1.165) is 18.7 Å². The number of fused-ring (bicyclic) bond motifs is 1. The van der Waals surface area contributed by atoms with Gasteiger partial charge in [0.05, 0.1) is 31.2 Å². The fourth-order valence-corrected chi connectivity index (χ4v) is 2.68. The number of carbonyl (C=O) groups excluding carboxylic acids is 1. The van der Waals surface area contributed by atoms with Gasteiger partial charge in [-0.25, -0.2) is 4.79 Å². The van der Waals surface area contributed by atoms with Crippen LogP contribution in [0, 0.1) is 0 Å². The molecule has 0 saturated heterocycles. The number of nitrogens with one attached hydrogen (secondary N) is 1. The Morgan fingerprint density at radius 1 is 1.41 bits per heavy atom. The molecule has 0 spiro atoms. The molecule has 0 fully saturated rings. The zero-order chi connectivity index (χ0) is 15.4. The summed E-state index contributed by atoms with van der Waals surface area (Å²) in [6, 6.07) is 9.73. The number of methoxy groups -OCH3 is 1. The quantitative estimate of drug-likeness (QED) is 0.880. The predicted molar refractivity (Wildman–Crippen MR) is 83.4 cm³/mol. The molecule has 1 aromatic carbocycles. The summed E-state index contributed by atoms with van der Waals surface area (Å²) in [6.07, 6.45) is 4.18. The summed E-state index contributed by atoms with van der Waals surface area (Å²) in [4.78, 5) is 15.8. The Bertz CT molecular complexity index is 672. The monoisotopic (exact) mass is 298 g/mol. The molecule has 3 rings (SSSR count). The second-order valence-electron chi connectivity index (χ2n) is 5.17. The van der Waals surface area contributed by atoms with Gasteiger partial charge < -0.3 is 14.8 Å². The number of aromatic nitrogens is 1. The molecule has 0 bridgehead atoms. The maximum Gasteiger partial charge on any atom is 0.340 e. The fourth-order valence-electron chi connectivity index (χ4n) is 2.68. The molecule has 0 saturated carbocycles. The molecule has 1 aliphatic heterocycles. The molecule has 2 heterocycles. The molecule has 1 aliphatic rings. The number of benzene rings is 1. The van der Waals surface area contributed by atoms with Crippen molar-refractivity contribution in [2.45, 2.75) is 12.3 Å². The molecule has 1 atom stereocenters. The van der Waals surface area contributed by atoms with Crippen molar-refractivity contribution < 1.29 is 14.3 Å². The van der Waals surface area contributed by atoms with E-state index in [1.165, 1.54) is 12.7 Å². The lowest BCUT2D eigenvalue weighted by molar-refractivity contribution is 0.0601. The van der Waals surface area contributed by atoms with Crippen molar-refractivity contribution in [3.8, 4) is 5.75 Å². The van der Waals surface area contributed by atoms with Crippen LogP contribution in [0.5, 0.6) is 5.75 Å². The van der Waals surface area contributed by atoms with Gasteiger partial charge in [0.15, 0.2) is 0 Å². The second kappa shape index (κ2) is 6.47. The first-order chi connectivity index (χ1) is 10.8. The van der Waals surface area contributed by atoms with Crippen LogP contribution in [0.25, 0.3) is 0 Å². The number of rotatable bonds is 4. The molecule has 114 valence electrons. The van der Waals surface area contributed by atoms with Crippen LogP contribution in [0.1, 0.15) is 28.3 Å². The van der Waals surface area contributed by atoms with Crippen LogP contribution in [0.2, 0.25) is 0 Å². The van der Waals surface area contributed by atoms with Crippen molar-refractivity contribution in [2.24, 2.45) is 0 Å². The summed E-state index contributed by atoms with van der Waals surface area (Å²) in [5, 5.41) is 3.32. The van der Waals surface area contributed by atoms with Crippen LogP contribution in [-0.4, -0.2) is 31.2 Å². The van der Waals surface area contributed by atoms with Gasteiger partial charge in [0.1, 0.15) is 5.75 Å². The lowest BCUT2D eigenvalue weighted by atomic mass is 9.93. The van der Waals surface area contributed by atoms with E-state index < -0.39 is 0 Å². The Hall–Kier alpha value is -2.56. The van der Waals surface area contributed by atoms with Crippen LogP contribution >= 0.6 is 0 Å². The Labute approximate surface area is 129 Å². The van der Waals surface area contributed by atoms with Crippen LogP contribution < -0.4 is 10.1 Å². The number of ether oxygens (including phenoxy) is 2. The van der Waals surface area contributed by atoms with E-state index in [9.17, 15) is 4.79 Å². The van der Waals surface area contributed by atoms with Gasteiger partial charge in [0.25, 0.3) is 0 Å².